The van der Waals surface area contributed by atoms with Gasteiger partial charge in [0.2, 0.25) is 0 Å². The van der Waals surface area contributed by atoms with E-state index < -0.39 is 0 Å². The summed E-state index contributed by atoms with van der Waals surface area (Å²) in [5, 5.41) is 6.92. The fraction of sp³-hybridized carbons (Fsp3) is 0.947. The molecule has 0 aromatic heterocycles. The second-order valence-corrected chi connectivity index (χ2v) is 7.63. The van der Waals surface area contributed by atoms with Gasteiger partial charge in [-0.3, -0.25) is 4.99 Å². The molecule has 0 bridgehead atoms. The maximum atomic E-state index is 4.76. The summed E-state index contributed by atoms with van der Waals surface area (Å²) in [6.07, 6.45) is 4.89. The average Bonchev–Trinajstić information content (AvgIpc) is 2.74. The second-order valence-electron chi connectivity index (χ2n) is 7.63. The maximum absolute atomic E-state index is 4.76. The number of rotatable bonds is 9. The first kappa shape index (κ1) is 24.9. The monoisotopic (exact) mass is 467 g/mol. The largest absolute Gasteiger partial charge is 0.357 e. The number of aliphatic imine (C=N–C) groups is 1. The number of nitrogens with zero attached hydrogens (tertiary/aromatic N) is 3. The molecule has 0 spiro atoms. The number of halogens is 1. The Balaban J connectivity index is 0.00000576. The number of guanidine groups is 1. The van der Waals surface area contributed by atoms with Crippen molar-refractivity contribution in [3.63, 3.8) is 0 Å². The van der Waals surface area contributed by atoms with Gasteiger partial charge in [0.1, 0.15) is 0 Å². The van der Waals surface area contributed by atoms with Crippen LogP contribution >= 0.6 is 24.0 Å². The minimum atomic E-state index is 0. The molecular weight excluding hydrogens is 425 g/mol. The van der Waals surface area contributed by atoms with Gasteiger partial charge in [0, 0.05) is 32.2 Å². The highest BCUT2D eigenvalue weighted by Gasteiger charge is 2.11. The zero-order valence-electron chi connectivity index (χ0n) is 17.2. The molecule has 2 N–H and O–H groups in total. The molecule has 0 radical (unpaired) electrons. The van der Waals surface area contributed by atoms with Crippen molar-refractivity contribution in [3.05, 3.63) is 0 Å². The molecule has 1 heterocycles. The molecule has 0 amide bonds. The second kappa shape index (κ2) is 15.0. The van der Waals surface area contributed by atoms with Gasteiger partial charge in [0.05, 0.1) is 0 Å². The normalized spacial score (nSPS) is 18.6. The third-order valence-electron chi connectivity index (χ3n) is 4.62. The topological polar surface area (TPSA) is 42.9 Å². The van der Waals surface area contributed by atoms with Crippen LogP contribution in [0.2, 0.25) is 0 Å². The van der Waals surface area contributed by atoms with Crippen molar-refractivity contribution >= 4 is 29.9 Å². The lowest BCUT2D eigenvalue weighted by atomic mass is 10.0. The SMILES string of the molecule is CCNC(=NCCCN1CCCN(C)CC1)NC(C)CCC(C)C.I. The van der Waals surface area contributed by atoms with Crippen molar-refractivity contribution < 1.29 is 0 Å². The van der Waals surface area contributed by atoms with E-state index in [1.807, 2.05) is 0 Å². The van der Waals surface area contributed by atoms with E-state index in [0.717, 1.165) is 31.4 Å². The van der Waals surface area contributed by atoms with Crippen LogP contribution in [0.5, 0.6) is 0 Å². The van der Waals surface area contributed by atoms with Gasteiger partial charge in [-0.15, -0.1) is 24.0 Å². The minimum absolute atomic E-state index is 0. The van der Waals surface area contributed by atoms with Crippen LogP contribution < -0.4 is 10.6 Å². The number of hydrogen-bond acceptors (Lipinski definition) is 3. The van der Waals surface area contributed by atoms with Gasteiger partial charge in [0.25, 0.3) is 0 Å². The summed E-state index contributed by atoms with van der Waals surface area (Å²) in [5.74, 6) is 1.74. The van der Waals surface area contributed by atoms with Crippen molar-refractivity contribution in [1.29, 1.82) is 0 Å². The van der Waals surface area contributed by atoms with Gasteiger partial charge in [-0.25, -0.2) is 0 Å². The molecule has 0 aromatic carbocycles. The lowest BCUT2D eigenvalue weighted by molar-refractivity contribution is 0.275. The van der Waals surface area contributed by atoms with Gasteiger partial charge in [-0.1, -0.05) is 13.8 Å². The van der Waals surface area contributed by atoms with E-state index in [-0.39, 0.29) is 24.0 Å². The van der Waals surface area contributed by atoms with Gasteiger partial charge >= 0.3 is 0 Å². The highest BCUT2D eigenvalue weighted by molar-refractivity contribution is 14.0. The maximum Gasteiger partial charge on any atom is 0.191 e. The lowest BCUT2D eigenvalue weighted by Gasteiger charge is -2.20. The lowest BCUT2D eigenvalue weighted by Crippen LogP contribution is -2.42. The smallest absolute Gasteiger partial charge is 0.191 e. The van der Waals surface area contributed by atoms with Crippen molar-refractivity contribution in [2.24, 2.45) is 10.9 Å². The van der Waals surface area contributed by atoms with Crippen LogP contribution in [0, 0.1) is 5.92 Å². The van der Waals surface area contributed by atoms with Gasteiger partial charge in [0.15, 0.2) is 5.96 Å². The Bertz CT molecular complexity index is 349. The van der Waals surface area contributed by atoms with E-state index in [4.69, 9.17) is 4.99 Å². The van der Waals surface area contributed by atoms with Crippen LogP contribution in [0.25, 0.3) is 0 Å². The molecule has 150 valence electrons. The molecule has 1 atom stereocenters. The molecule has 25 heavy (non-hydrogen) atoms. The van der Waals surface area contributed by atoms with E-state index in [1.165, 1.54) is 52.0 Å². The number of nitrogens with one attached hydrogen (secondary N) is 2. The predicted molar refractivity (Wildman–Crippen MR) is 121 cm³/mol. The van der Waals surface area contributed by atoms with E-state index in [1.54, 1.807) is 0 Å². The molecular formula is C19H42IN5. The Labute approximate surface area is 173 Å². The predicted octanol–water partition coefficient (Wildman–Crippen LogP) is 3.01. The van der Waals surface area contributed by atoms with Gasteiger partial charge in [-0.05, 0) is 72.1 Å². The zero-order valence-corrected chi connectivity index (χ0v) is 19.5. The van der Waals surface area contributed by atoms with E-state index >= 15 is 0 Å². The highest BCUT2D eigenvalue weighted by atomic mass is 127. The first-order valence-corrected chi connectivity index (χ1v) is 9.97. The third-order valence-corrected chi connectivity index (χ3v) is 4.62. The molecule has 0 aromatic rings. The van der Waals surface area contributed by atoms with Crippen molar-refractivity contribution in [2.75, 3.05) is 52.9 Å². The van der Waals surface area contributed by atoms with Crippen LogP contribution in [0.4, 0.5) is 0 Å². The molecule has 1 fully saturated rings. The summed E-state index contributed by atoms with van der Waals surface area (Å²) >= 11 is 0. The Morgan fingerprint density at radius 3 is 2.52 bits per heavy atom. The Kier molecular flexibility index (Phi) is 15.0. The standard InChI is InChI=1S/C19H41N5.HI/c1-6-20-19(22-18(4)10-9-17(2)3)21-11-7-13-24-14-8-12-23(5)15-16-24;/h17-18H,6-16H2,1-5H3,(H2,20,21,22);1H. The first-order valence-electron chi connectivity index (χ1n) is 9.97. The molecule has 5 nitrogen and oxygen atoms in total. The van der Waals surface area contributed by atoms with Crippen molar-refractivity contribution in [2.45, 2.75) is 59.4 Å². The van der Waals surface area contributed by atoms with Crippen LogP contribution in [0.15, 0.2) is 4.99 Å². The average molecular weight is 467 g/mol. The summed E-state index contributed by atoms with van der Waals surface area (Å²) in [6, 6.07) is 0.478. The molecule has 1 aliphatic heterocycles. The van der Waals surface area contributed by atoms with E-state index in [0.29, 0.717) is 6.04 Å². The highest BCUT2D eigenvalue weighted by Crippen LogP contribution is 2.06. The van der Waals surface area contributed by atoms with Gasteiger partial charge < -0.3 is 20.4 Å². The van der Waals surface area contributed by atoms with Crippen LogP contribution in [-0.4, -0.2) is 74.7 Å². The van der Waals surface area contributed by atoms with Crippen LogP contribution in [-0.2, 0) is 0 Å². The summed E-state index contributed by atoms with van der Waals surface area (Å²) in [7, 11) is 2.22. The Hall–Kier alpha value is -0.0800. The third kappa shape index (κ3) is 12.8. The minimum Gasteiger partial charge on any atom is -0.357 e. The molecule has 1 saturated heterocycles. The summed E-state index contributed by atoms with van der Waals surface area (Å²) < 4.78 is 0. The van der Waals surface area contributed by atoms with Crippen LogP contribution in [0.1, 0.15) is 53.4 Å². The number of likely N-dealkylation sites (N-methyl/N-ethyl adjacent to an activating group) is 1. The summed E-state index contributed by atoms with van der Waals surface area (Å²) in [5.41, 5.74) is 0. The van der Waals surface area contributed by atoms with E-state index in [9.17, 15) is 0 Å². The first-order chi connectivity index (χ1) is 11.5. The molecule has 1 unspecified atom stereocenters. The van der Waals surface area contributed by atoms with Gasteiger partial charge in [-0.2, -0.15) is 0 Å². The van der Waals surface area contributed by atoms with Crippen molar-refractivity contribution in [3.8, 4) is 0 Å². The summed E-state index contributed by atoms with van der Waals surface area (Å²) in [6.45, 7) is 16.8. The fourth-order valence-corrected chi connectivity index (χ4v) is 3.02. The molecule has 1 aliphatic rings. The van der Waals surface area contributed by atoms with Crippen LogP contribution in [0.3, 0.4) is 0 Å². The molecule has 6 heteroatoms. The Morgan fingerprint density at radius 1 is 1.08 bits per heavy atom. The van der Waals surface area contributed by atoms with E-state index in [2.05, 4.69) is 55.2 Å². The summed E-state index contributed by atoms with van der Waals surface area (Å²) in [4.78, 5) is 9.78. The molecule has 1 rings (SSSR count). The quantitative estimate of drug-likeness (QED) is 0.237. The Morgan fingerprint density at radius 2 is 1.84 bits per heavy atom. The molecule has 0 saturated carbocycles. The zero-order chi connectivity index (χ0) is 17.8. The molecule has 0 aliphatic carbocycles. The fourth-order valence-electron chi connectivity index (χ4n) is 3.02. The number of hydrogen-bond donors (Lipinski definition) is 2. The van der Waals surface area contributed by atoms with Crippen molar-refractivity contribution in [1.82, 2.24) is 20.4 Å².